The van der Waals surface area contributed by atoms with E-state index in [1.165, 1.54) is 4.68 Å². The predicted molar refractivity (Wildman–Crippen MR) is 44.4 cm³/mol. The third-order valence-corrected chi connectivity index (χ3v) is 1.26. The van der Waals surface area contributed by atoms with Crippen LogP contribution in [0.25, 0.3) is 0 Å². The molecule has 0 atom stereocenters. The molecule has 1 aromatic heterocycles. The smallest absolute Gasteiger partial charge is 0.444 e. The van der Waals surface area contributed by atoms with Crippen molar-refractivity contribution < 1.29 is 19.3 Å². The molecule has 1 amide bonds. The van der Waals surface area contributed by atoms with Crippen LogP contribution < -0.4 is 10.1 Å². The van der Waals surface area contributed by atoms with Gasteiger partial charge in [0.2, 0.25) is 0 Å². The number of nitrogens with zero attached hydrogens (tertiary/aromatic N) is 1. The molecule has 0 unspecified atom stereocenters. The van der Waals surface area contributed by atoms with Gasteiger partial charge in [0.05, 0.1) is 6.61 Å². The average Bonchev–Trinajstić information content (AvgIpc) is 2.16. The first kappa shape index (κ1) is 9.47. The van der Waals surface area contributed by atoms with Crippen molar-refractivity contribution in [1.82, 2.24) is 0 Å². The summed E-state index contributed by atoms with van der Waals surface area (Å²) in [5.74, 6) is 0. The second kappa shape index (κ2) is 5.10. The summed E-state index contributed by atoms with van der Waals surface area (Å²) in [5.41, 5.74) is 2.42. The first-order valence-electron chi connectivity index (χ1n) is 3.84. The fourth-order valence-electron chi connectivity index (χ4n) is 0.749. The molecule has 0 aliphatic rings. The second-order valence-corrected chi connectivity index (χ2v) is 2.25. The average molecular weight is 183 g/mol. The number of rotatable bonds is 3. The SMILES string of the molecule is O=C(N[n+]1ccccc1)OCCO. The number of aliphatic hydroxyl groups excluding tert-OH is 1. The van der Waals surface area contributed by atoms with Gasteiger partial charge in [0.25, 0.3) is 0 Å². The van der Waals surface area contributed by atoms with E-state index in [1.54, 1.807) is 24.5 Å². The summed E-state index contributed by atoms with van der Waals surface area (Å²) in [6.07, 6.45) is 2.74. The van der Waals surface area contributed by atoms with Gasteiger partial charge < -0.3 is 9.84 Å². The maximum atomic E-state index is 10.9. The summed E-state index contributed by atoms with van der Waals surface area (Å²) in [6, 6.07) is 5.37. The molecule has 0 aromatic carbocycles. The first-order valence-corrected chi connectivity index (χ1v) is 3.84. The van der Waals surface area contributed by atoms with Gasteiger partial charge in [-0.15, -0.1) is 0 Å². The van der Waals surface area contributed by atoms with Crippen molar-refractivity contribution in [2.75, 3.05) is 18.6 Å². The zero-order valence-electron chi connectivity index (χ0n) is 7.01. The van der Waals surface area contributed by atoms with E-state index in [9.17, 15) is 4.79 Å². The number of carbonyl (C=O) groups is 1. The van der Waals surface area contributed by atoms with Crippen molar-refractivity contribution in [3.05, 3.63) is 30.6 Å². The monoisotopic (exact) mass is 183 g/mol. The van der Waals surface area contributed by atoms with Crippen LogP contribution in [0.4, 0.5) is 4.79 Å². The molecule has 0 saturated carbocycles. The van der Waals surface area contributed by atoms with Gasteiger partial charge in [-0.1, -0.05) is 16.2 Å². The van der Waals surface area contributed by atoms with E-state index in [0.717, 1.165) is 0 Å². The van der Waals surface area contributed by atoms with E-state index in [-0.39, 0.29) is 13.2 Å². The lowest BCUT2D eigenvalue weighted by atomic mass is 10.5. The fraction of sp³-hybridized carbons (Fsp3) is 0.250. The highest BCUT2D eigenvalue weighted by Gasteiger charge is 2.06. The molecular formula is C8H11N2O3+. The lowest BCUT2D eigenvalue weighted by Crippen LogP contribution is -2.47. The maximum Gasteiger partial charge on any atom is 0.461 e. The number of hydrogen-bond acceptors (Lipinski definition) is 3. The molecule has 5 heteroatoms. The number of pyridine rings is 1. The molecule has 1 rings (SSSR count). The minimum absolute atomic E-state index is 0.000767. The summed E-state index contributed by atoms with van der Waals surface area (Å²) in [5, 5.41) is 8.37. The maximum absolute atomic E-state index is 10.9. The van der Waals surface area contributed by atoms with Crippen LogP contribution in [0.3, 0.4) is 0 Å². The number of carbonyl (C=O) groups excluding carboxylic acids is 1. The van der Waals surface area contributed by atoms with Gasteiger partial charge in [-0.2, -0.15) is 0 Å². The van der Waals surface area contributed by atoms with E-state index in [1.807, 2.05) is 6.07 Å². The minimum Gasteiger partial charge on any atom is -0.444 e. The molecule has 13 heavy (non-hydrogen) atoms. The minimum atomic E-state index is -0.592. The quantitative estimate of drug-likeness (QED) is 0.629. The van der Waals surface area contributed by atoms with Crippen LogP contribution in [-0.4, -0.2) is 24.4 Å². The molecule has 1 heterocycles. The Labute approximate surface area is 75.5 Å². The van der Waals surface area contributed by atoms with Crippen molar-refractivity contribution in [2.24, 2.45) is 0 Å². The van der Waals surface area contributed by atoms with Gasteiger partial charge >= 0.3 is 6.09 Å². The molecule has 0 bridgehead atoms. The molecule has 5 nitrogen and oxygen atoms in total. The van der Waals surface area contributed by atoms with Gasteiger partial charge in [-0.3, -0.25) is 0 Å². The highest BCUT2D eigenvalue weighted by atomic mass is 16.6. The van der Waals surface area contributed by atoms with Crippen LogP contribution in [0, 0.1) is 0 Å². The molecule has 1 aromatic rings. The second-order valence-electron chi connectivity index (χ2n) is 2.25. The summed E-state index contributed by atoms with van der Waals surface area (Å²) >= 11 is 0. The molecule has 0 fully saturated rings. The number of aliphatic hydroxyl groups is 1. The standard InChI is InChI=1S/C8H10N2O3/c11-6-7-13-8(12)9-10-4-2-1-3-5-10/h1-5,11H,6-7H2/p+1. The number of amides is 1. The summed E-state index contributed by atoms with van der Waals surface area (Å²) < 4.78 is 6.03. The van der Waals surface area contributed by atoms with E-state index < -0.39 is 6.09 Å². The zero-order chi connectivity index (χ0) is 9.52. The third-order valence-electron chi connectivity index (χ3n) is 1.26. The molecular weight excluding hydrogens is 172 g/mol. The van der Waals surface area contributed by atoms with Crippen LogP contribution in [0.2, 0.25) is 0 Å². The Kier molecular flexibility index (Phi) is 3.72. The van der Waals surface area contributed by atoms with Gasteiger partial charge in [0.1, 0.15) is 6.61 Å². The molecule has 0 radical (unpaired) electrons. The number of nitrogens with one attached hydrogen (secondary N) is 1. The Morgan fingerprint density at radius 2 is 2.08 bits per heavy atom. The van der Waals surface area contributed by atoms with Gasteiger partial charge in [0.15, 0.2) is 12.4 Å². The highest BCUT2D eigenvalue weighted by molar-refractivity contribution is 5.73. The van der Waals surface area contributed by atoms with Crippen LogP contribution in [-0.2, 0) is 4.74 Å². The van der Waals surface area contributed by atoms with Crippen LogP contribution in [0.1, 0.15) is 0 Å². The normalized spacial score (nSPS) is 9.31. The van der Waals surface area contributed by atoms with Gasteiger partial charge in [-0.25, -0.2) is 4.79 Å². The highest BCUT2D eigenvalue weighted by Crippen LogP contribution is 1.78. The predicted octanol–water partition coefficient (Wildman–Crippen LogP) is -0.354. The molecule has 2 N–H and O–H groups in total. The molecule has 0 aliphatic heterocycles. The number of aromatic nitrogens is 1. The molecule has 0 aliphatic carbocycles. The van der Waals surface area contributed by atoms with E-state index in [0.29, 0.717) is 0 Å². The van der Waals surface area contributed by atoms with Crippen molar-refractivity contribution >= 4 is 6.09 Å². The van der Waals surface area contributed by atoms with Crippen LogP contribution >= 0.6 is 0 Å². The Morgan fingerprint density at radius 3 is 2.69 bits per heavy atom. The Balaban J connectivity index is 2.37. The van der Waals surface area contributed by atoms with E-state index in [2.05, 4.69) is 10.2 Å². The topological polar surface area (TPSA) is 62.4 Å². The Morgan fingerprint density at radius 1 is 1.38 bits per heavy atom. The van der Waals surface area contributed by atoms with Crippen molar-refractivity contribution in [2.45, 2.75) is 0 Å². The van der Waals surface area contributed by atoms with Crippen LogP contribution in [0.5, 0.6) is 0 Å². The van der Waals surface area contributed by atoms with Crippen molar-refractivity contribution in [3.8, 4) is 0 Å². The lowest BCUT2D eigenvalue weighted by molar-refractivity contribution is -0.642. The van der Waals surface area contributed by atoms with Gasteiger partial charge in [-0.05, 0) is 0 Å². The molecule has 70 valence electrons. The zero-order valence-corrected chi connectivity index (χ0v) is 7.01. The fourth-order valence-corrected chi connectivity index (χ4v) is 0.749. The summed E-state index contributed by atoms with van der Waals surface area (Å²) in [4.78, 5) is 10.9. The summed E-state index contributed by atoms with van der Waals surface area (Å²) in [7, 11) is 0. The Bertz CT molecular complexity index is 263. The van der Waals surface area contributed by atoms with Crippen LogP contribution in [0.15, 0.2) is 30.6 Å². The lowest BCUT2D eigenvalue weighted by Gasteiger charge is -1.99. The largest absolute Gasteiger partial charge is 0.461 e. The van der Waals surface area contributed by atoms with Crippen molar-refractivity contribution in [3.63, 3.8) is 0 Å². The first-order chi connectivity index (χ1) is 6.33. The van der Waals surface area contributed by atoms with Crippen molar-refractivity contribution in [1.29, 1.82) is 0 Å². The summed E-state index contributed by atoms with van der Waals surface area (Å²) in [6.45, 7) is -0.175. The van der Waals surface area contributed by atoms with Gasteiger partial charge in [0, 0.05) is 12.1 Å². The molecule has 0 saturated heterocycles. The van der Waals surface area contributed by atoms with E-state index in [4.69, 9.17) is 5.11 Å². The third kappa shape index (κ3) is 3.53. The number of ether oxygens (including phenoxy) is 1. The van der Waals surface area contributed by atoms with E-state index >= 15 is 0 Å². The number of hydrogen-bond donors (Lipinski definition) is 2. The molecule has 0 spiro atoms. The Hall–Kier alpha value is -1.62.